The highest BCUT2D eigenvalue weighted by Crippen LogP contribution is 2.25. The zero-order chi connectivity index (χ0) is 15.0. The van der Waals surface area contributed by atoms with Crippen LogP contribution in [0.1, 0.15) is 21.5 Å². The van der Waals surface area contributed by atoms with Gasteiger partial charge in [-0.25, -0.2) is 4.79 Å². The normalized spacial score (nSPS) is 13.6. The van der Waals surface area contributed by atoms with Gasteiger partial charge in [0.2, 0.25) is 0 Å². The van der Waals surface area contributed by atoms with Gasteiger partial charge in [0.1, 0.15) is 0 Å². The molecule has 1 aliphatic heterocycles. The molecule has 1 N–H and O–H groups in total. The van der Waals surface area contributed by atoms with Crippen molar-refractivity contribution in [2.75, 3.05) is 12.4 Å². The SMILES string of the molecule is CN1Cc2cc(C(=O)c3ccc(Cl)cc3)ccc2NC1=O. The molecule has 0 atom stereocenters. The molecule has 5 heteroatoms. The maximum absolute atomic E-state index is 12.4. The zero-order valence-electron chi connectivity index (χ0n) is 11.4. The van der Waals surface area contributed by atoms with Gasteiger partial charge >= 0.3 is 6.03 Å². The minimum absolute atomic E-state index is 0.0611. The number of benzene rings is 2. The number of halogens is 1. The molecule has 1 heterocycles. The standard InChI is InChI=1S/C16H13ClN2O2/c1-19-9-12-8-11(4-7-14(12)18-16(19)21)15(20)10-2-5-13(17)6-3-10/h2-8H,9H2,1H3,(H,18,21). The van der Waals surface area contributed by atoms with Crippen LogP contribution >= 0.6 is 11.6 Å². The smallest absolute Gasteiger partial charge is 0.321 e. The quantitative estimate of drug-likeness (QED) is 0.862. The lowest BCUT2D eigenvalue weighted by Gasteiger charge is -2.26. The number of fused-ring (bicyclic) bond motifs is 1. The number of carbonyl (C=O) groups excluding carboxylic acids is 2. The Morgan fingerprint density at radius 2 is 1.81 bits per heavy atom. The van der Waals surface area contributed by atoms with E-state index in [1.54, 1.807) is 48.3 Å². The predicted octanol–water partition coefficient (Wildman–Crippen LogP) is 3.55. The lowest BCUT2D eigenvalue weighted by atomic mass is 9.99. The fraction of sp³-hybridized carbons (Fsp3) is 0.125. The Hall–Kier alpha value is -2.33. The fourth-order valence-corrected chi connectivity index (χ4v) is 2.42. The second-order valence-electron chi connectivity index (χ2n) is 4.99. The van der Waals surface area contributed by atoms with Crippen molar-refractivity contribution >= 4 is 29.1 Å². The second kappa shape index (κ2) is 5.22. The van der Waals surface area contributed by atoms with Crippen LogP contribution in [0, 0.1) is 0 Å². The average molecular weight is 301 g/mol. The van der Waals surface area contributed by atoms with Crippen molar-refractivity contribution < 1.29 is 9.59 Å². The summed E-state index contributed by atoms with van der Waals surface area (Å²) in [5.41, 5.74) is 2.87. The molecule has 3 rings (SSSR count). The van der Waals surface area contributed by atoms with Crippen LogP contribution < -0.4 is 5.32 Å². The van der Waals surface area contributed by atoms with Gasteiger partial charge in [-0.3, -0.25) is 4.79 Å². The van der Waals surface area contributed by atoms with Crippen LogP contribution in [0.3, 0.4) is 0 Å². The number of hydrogen-bond donors (Lipinski definition) is 1. The summed E-state index contributed by atoms with van der Waals surface area (Å²) < 4.78 is 0. The largest absolute Gasteiger partial charge is 0.323 e. The number of nitrogens with zero attached hydrogens (tertiary/aromatic N) is 1. The number of amides is 2. The molecule has 4 nitrogen and oxygen atoms in total. The van der Waals surface area contributed by atoms with Gasteiger partial charge in [-0.2, -0.15) is 0 Å². The van der Waals surface area contributed by atoms with Gasteiger partial charge in [0.25, 0.3) is 0 Å². The monoisotopic (exact) mass is 300 g/mol. The summed E-state index contributed by atoms with van der Waals surface area (Å²) >= 11 is 5.83. The highest BCUT2D eigenvalue weighted by atomic mass is 35.5. The van der Waals surface area contributed by atoms with Crippen molar-refractivity contribution in [3.05, 3.63) is 64.2 Å². The first kappa shape index (κ1) is 13.6. The van der Waals surface area contributed by atoms with Gasteiger partial charge in [0.05, 0.1) is 0 Å². The van der Waals surface area contributed by atoms with Gasteiger partial charge in [-0.15, -0.1) is 0 Å². The minimum Gasteiger partial charge on any atom is -0.323 e. The summed E-state index contributed by atoms with van der Waals surface area (Å²) in [7, 11) is 1.71. The topological polar surface area (TPSA) is 49.4 Å². The first-order valence-corrected chi connectivity index (χ1v) is 6.88. The van der Waals surface area contributed by atoms with Crippen molar-refractivity contribution in [1.82, 2.24) is 4.90 Å². The highest BCUT2D eigenvalue weighted by molar-refractivity contribution is 6.30. The predicted molar refractivity (Wildman–Crippen MR) is 81.8 cm³/mol. The summed E-state index contributed by atoms with van der Waals surface area (Å²) in [6, 6.07) is 12.0. The van der Waals surface area contributed by atoms with Crippen LogP contribution in [0.15, 0.2) is 42.5 Å². The summed E-state index contributed by atoms with van der Waals surface area (Å²) in [5, 5.41) is 3.38. The summed E-state index contributed by atoms with van der Waals surface area (Å²) in [5.74, 6) is -0.0611. The third-order valence-electron chi connectivity index (χ3n) is 3.47. The maximum atomic E-state index is 12.4. The molecule has 0 saturated heterocycles. The fourth-order valence-electron chi connectivity index (χ4n) is 2.29. The second-order valence-corrected chi connectivity index (χ2v) is 5.43. The zero-order valence-corrected chi connectivity index (χ0v) is 12.1. The Bertz CT molecular complexity index is 726. The van der Waals surface area contributed by atoms with E-state index >= 15 is 0 Å². The molecule has 0 fully saturated rings. The summed E-state index contributed by atoms with van der Waals surface area (Å²) in [6.45, 7) is 0.489. The van der Waals surface area contributed by atoms with E-state index in [1.807, 2.05) is 6.07 Å². The van der Waals surface area contributed by atoms with Crippen LogP contribution in [-0.4, -0.2) is 23.8 Å². The Morgan fingerprint density at radius 3 is 2.52 bits per heavy atom. The summed E-state index contributed by atoms with van der Waals surface area (Å²) in [4.78, 5) is 25.6. The molecule has 0 bridgehead atoms. The molecule has 2 amide bonds. The van der Waals surface area contributed by atoms with Crippen molar-refractivity contribution in [2.24, 2.45) is 0 Å². The van der Waals surface area contributed by atoms with Crippen LogP contribution in [-0.2, 0) is 6.54 Å². The number of urea groups is 1. The molecule has 2 aromatic carbocycles. The van der Waals surface area contributed by atoms with Crippen LogP contribution in [0.2, 0.25) is 5.02 Å². The third-order valence-corrected chi connectivity index (χ3v) is 3.72. The first-order valence-electron chi connectivity index (χ1n) is 6.50. The number of hydrogen-bond acceptors (Lipinski definition) is 2. The van der Waals surface area contributed by atoms with Crippen molar-refractivity contribution in [3.8, 4) is 0 Å². The van der Waals surface area contributed by atoms with Crippen LogP contribution in [0.5, 0.6) is 0 Å². The molecule has 0 saturated carbocycles. The molecule has 0 unspecified atom stereocenters. The van der Waals surface area contributed by atoms with Crippen LogP contribution in [0.4, 0.5) is 10.5 Å². The van der Waals surface area contributed by atoms with E-state index in [0.717, 1.165) is 11.3 Å². The Kier molecular flexibility index (Phi) is 3.39. The van der Waals surface area contributed by atoms with E-state index in [9.17, 15) is 9.59 Å². The molecule has 0 aromatic heterocycles. The minimum atomic E-state index is -0.140. The van der Waals surface area contributed by atoms with E-state index in [1.165, 1.54) is 0 Å². The molecule has 1 aliphatic rings. The van der Waals surface area contributed by atoms with Crippen molar-refractivity contribution in [1.29, 1.82) is 0 Å². The first-order chi connectivity index (χ1) is 10.0. The summed E-state index contributed by atoms with van der Waals surface area (Å²) in [6.07, 6.45) is 0. The number of anilines is 1. The number of rotatable bonds is 2. The van der Waals surface area contributed by atoms with E-state index in [-0.39, 0.29) is 11.8 Å². The Balaban J connectivity index is 1.93. The van der Waals surface area contributed by atoms with Gasteiger partial charge < -0.3 is 10.2 Å². The molecule has 2 aromatic rings. The molecular weight excluding hydrogens is 288 g/mol. The third kappa shape index (κ3) is 2.62. The van der Waals surface area contributed by atoms with Crippen molar-refractivity contribution in [2.45, 2.75) is 6.54 Å². The lowest BCUT2D eigenvalue weighted by molar-refractivity contribution is 0.103. The molecule has 21 heavy (non-hydrogen) atoms. The van der Waals surface area contributed by atoms with Gasteiger partial charge in [0.15, 0.2) is 5.78 Å². The van der Waals surface area contributed by atoms with E-state index in [2.05, 4.69) is 5.32 Å². The van der Waals surface area contributed by atoms with Gasteiger partial charge in [0, 0.05) is 35.4 Å². The lowest BCUT2D eigenvalue weighted by Crippen LogP contribution is -2.35. The Morgan fingerprint density at radius 1 is 1.14 bits per heavy atom. The van der Waals surface area contributed by atoms with E-state index < -0.39 is 0 Å². The number of nitrogens with one attached hydrogen (secondary N) is 1. The maximum Gasteiger partial charge on any atom is 0.321 e. The number of carbonyl (C=O) groups is 2. The van der Waals surface area contributed by atoms with Gasteiger partial charge in [-0.1, -0.05) is 11.6 Å². The van der Waals surface area contributed by atoms with Crippen LogP contribution in [0.25, 0.3) is 0 Å². The Labute approximate surface area is 127 Å². The molecule has 106 valence electrons. The molecular formula is C16H13ClN2O2. The highest BCUT2D eigenvalue weighted by Gasteiger charge is 2.20. The van der Waals surface area contributed by atoms with E-state index in [4.69, 9.17) is 11.6 Å². The number of ketones is 1. The molecule has 0 aliphatic carbocycles. The molecule has 0 spiro atoms. The van der Waals surface area contributed by atoms with Gasteiger partial charge in [-0.05, 0) is 48.0 Å². The molecule has 0 radical (unpaired) electrons. The average Bonchev–Trinajstić information content (AvgIpc) is 2.48. The van der Waals surface area contributed by atoms with E-state index in [0.29, 0.717) is 22.7 Å². The van der Waals surface area contributed by atoms with Crippen molar-refractivity contribution in [3.63, 3.8) is 0 Å².